The van der Waals surface area contributed by atoms with E-state index in [9.17, 15) is 5.11 Å². The Morgan fingerprint density at radius 1 is 1.11 bits per heavy atom. The van der Waals surface area contributed by atoms with Crippen LogP contribution in [-0.2, 0) is 0 Å². The third-order valence-electron chi connectivity index (χ3n) is 5.08. The van der Waals surface area contributed by atoms with Crippen LogP contribution in [0, 0.1) is 23.7 Å². The quantitative estimate of drug-likeness (QED) is 0.807. The highest BCUT2D eigenvalue weighted by molar-refractivity contribution is 4.86. The fourth-order valence-electron chi connectivity index (χ4n) is 3.82. The number of aliphatic hydroxyl groups is 2. The molecule has 4 unspecified atom stereocenters. The van der Waals surface area contributed by atoms with Crippen LogP contribution in [0.15, 0.2) is 0 Å². The summed E-state index contributed by atoms with van der Waals surface area (Å²) in [4.78, 5) is 2.49. The lowest BCUT2D eigenvalue weighted by atomic mass is 9.73. The molecule has 0 aromatic carbocycles. The Morgan fingerprint density at radius 3 is 2.33 bits per heavy atom. The standard InChI is InChI=1S/C15H29NO2/c1-11-7-12(2)14(15(18)8-11)9-16-5-3-13(10-17)4-6-16/h11-15,17-18H,3-10H2,1-2H3. The Bertz CT molecular complexity index is 239. The molecule has 2 N–H and O–H groups in total. The molecule has 106 valence electrons. The molecule has 2 aliphatic rings. The lowest BCUT2D eigenvalue weighted by Crippen LogP contribution is -2.45. The minimum atomic E-state index is -0.112. The van der Waals surface area contributed by atoms with Gasteiger partial charge >= 0.3 is 0 Å². The fourth-order valence-corrected chi connectivity index (χ4v) is 3.82. The van der Waals surface area contributed by atoms with Gasteiger partial charge in [0.1, 0.15) is 0 Å². The zero-order valence-electron chi connectivity index (χ0n) is 11.9. The number of likely N-dealkylation sites (tertiary alicyclic amines) is 1. The summed E-state index contributed by atoms with van der Waals surface area (Å²) in [6, 6.07) is 0. The molecule has 4 atom stereocenters. The highest BCUT2D eigenvalue weighted by Gasteiger charge is 2.34. The van der Waals surface area contributed by atoms with Crippen LogP contribution in [-0.4, -0.2) is 47.5 Å². The summed E-state index contributed by atoms with van der Waals surface area (Å²) in [6.07, 6.45) is 4.35. The van der Waals surface area contributed by atoms with E-state index in [2.05, 4.69) is 18.7 Å². The van der Waals surface area contributed by atoms with Gasteiger partial charge in [0.25, 0.3) is 0 Å². The predicted octanol–water partition coefficient (Wildman–Crippen LogP) is 1.73. The van der Waals surface area contributed by atoms with E-state index in [-0.39, 0.29) is 6.10 Å². The molecule has 2 rings (SSSR count). The van der Waals surface area contributed by atoms with Crippen molar-refractivity contribution in [3.63, 3.8) is 0 Å². The molecule has 0 bridgehead atoms. The van der Waals surface area contributed by atoms with Crippen LogP contribution in [0.5, 0.6) is 0 Å². The third-order valence-corrected chi connectivity index (χ3v) is 5.08. The molecule has 3 heteroatoms. The zero-order valence-corrected chi connectivity index (χ0v) is 11.9. The Kier molecular flexibility index (Phi) is 5.05. The van der Waals surface area contributed by atoms with Crippen molar-refractivity contribution in [3.05, 3.63) is 0 Å². The highest BCUT2D eigenvalue weighted by atomic mass is 16.3. The van der Waals surface area contributed by atoms with Crippen LogP contribution >= 0.6 is 0 Å². The molecule has 0 aromatic heterocycles. The summed E-state index contributed by atoms with van der Waals surface area (Å²) >= 11 is 0. The minimum Gasteiger partial charge on any atom is -0.396 e. The number of hydrogen-bond acceptors (Lipinski definition) is 3. The first-order valence-electron chi connectivity index (χ1n) is 7.61. The van der Waals surface area contributed by atoms with E-state index in [1.54, 1.807) is 0 Å². The van der Waals surface area contributed by atoms with Gasteiger partial charge in [-0.05, 0) is 56.5 Å². The third kappa shape index (κ3) is 3.46. The summed E-state index contributed by atoms with van der Waals surface area (Å²) in [7, 11) is 0. The van der Waals surface area contributed by atoms with Crippen molar-refractivity contribution in [1.82, 2.24) is 4.90 Å². The van der Waals surface area contributed by atoms with E-state index in [1.807, 2.05) is 0 Å². The summed E-state index contributed by atoms with van der Waals surface area (Å²) in [5, 5.41) is 19.4. The number of nitrogens with zero attached hydrogens (tertiary/aromatic N) is 1. The molecule has 1 saturated heterocycles. The molecule has 0 radical (unpaired) electrons. The SMILES string of the molecule is CC1CC(C)C(CN2CCC(CO)CC2)C(O)C1. The molecular formula is C15H29NO2. The first-order chi connectivity index (χ1) is 8.60. The Labute approximate surface area is 111 Å². The van der Waals surface area contributed by atoms with Gasteiger partial charge in [-0.2, -0.15) is 0 Å². The van der Waals surface area contributed by atoms with Gasteiger partial charge in [-0.3, -0.25) is 0 Å². The second-order valence-electron chi connectivity index (χ2n) is 6.71. The molecule has 18 heavy (non-hydrogen) atoms. The van der Waals surface area contributed by atoms with Crippen molar-refractivity contribution in [2.45, 2.75) is 45.6 Å². The van der Waals surface area contributed by atoms with Gasteiger partial charge in [0.2, 0.25) is 0 Å². The van der Waals surface area contributed by atoms with Gasteiger partial charge in [-0.15, -0.1) is 0 Å². The van der Waals surface area contributed by atoms with Gasteiger partial charge in [0.05, 0.1) is 6.10 Å². The molecule has 1 aliphatic carbocycles. The smallest absolute Gasteiger partial charge is 0.0585 e. The number of piperidine rings is 1. The van der Waals surface area contributed by atoms with Gasteiger partial charge < -0.3 is 15.1 Å². The van der Waals surface area contributed by atoms with Crippen molar-refractivity contribution < 1.29 is 10.2 Å². The lowest BCUT2D eigenvalue weighted by Gasteiger charge is -2.41. The van der Waals surface area contributed by atoms with E-state index < -0.39 is 0 Å². The molecule has 0 aromatic rings. The summed E-state index contributed by atoms with van der Waals surface area (Å²) in [5.74, 6) is 2.27. The normalized spacial score (nSPS) is 40.0. The average molecular weight is 255 g/mol. The maximum atomic E-state index is 10.3. The molecular weight excluding hydrogens is 226 g/mol. The van der Waals surface area contributed by atoms with Gasteiger partial charge in [0.15, 0.2) is 0 Å². The van der Waals surface area contributed by atoms with Gasteiger partial charge in [-0.1, -0.05) is 13.8 Å². The van der Waals surface area contributed by atoms with Crippen molar-refractivity contribution in [3.8, 4) is 0 Å². The van der Waals surface area contributed by atoms with Crippen LogP contribution in [0.3, 0.4) is 0 Å². The Morgan fingerprint density at radius 2 is 1.78 bits per heavy atom. The maximum absolute atomic E-state index is 10.3. The van der Waals surface area contributed by atoms with Crippen LogP contribution in [0.4, 0.5) is 0 Å². The highest BCUT2D eigenvalue weighted by Crippen LogP contribution is 2.34. The molecule has 2 fully saturated rings. The number of aliphatic hydroxyl groups excluding tert-OH is 2. The fraction of sp³-hybridized carbons (Fsp3) is 1.00. The van der Waals surface area contributed by atoms with Crippen LogP contribution in [0.25, 0.3) is 0 Å². The average Bonchev–Trinajstić information content (AvgIpc) is 2.34. The summed E-state index contributed by atoms with van der Waals surface area (Å²) in [5.41, 5.74) is 0. The second kappa shape index (κ2) is 6.36. The van der Waals surface area contributed by atoms with E-state index in [0.29, 0.717) is 30.3 Å². The van der Waals surface area contributed by atoms with E-state index in [0.717, 1.165) is 38.9 Å². The summed E-state index contributed by atoms with van der Waals surface area (Å²) < 4.78 is 0. The molecule has 0 spiro atoms. The zero-order chi connectivity index (χ0) is 13.1. The van der Waals surface area contributed by atoms with Crippen LogP contribution in [0.2, 0.25) is 0 Å². The van der Waals surface area contributed by atoms with E-state index >= 15 is 0 Å². The molecule has 3 nitrogen and oxygen atoms in total. The first kappa shape index (κ1) is 14.3. The van der Waals surface area contributed by atoms with Crippen molar-refractivity contribution in [1.29, 1.82) is 0 Å². The monoisotopic (exact) mass is 255 g/mol. The summed E-state index contributed by atoms with van der Waals surface area (Å²) in [6.45, 7) is 8.13. The van der Waals surface area contributed by atoms with E-state index in [4.69, 9.17) is 5.11 Å². The minimum absolute atomic E-state index is 0.112. The van der Waals surface area contributed by atoms with E-state index in [1.165, 1.54) is 6.42 Å². The van der Waals surface area contributed by atoms with Crippen LogP contribution in [0.1, 0.15) is 39.5 Å². The number of hydrogen-bond donors (Lipinski definition) is 2. The van der Waals surface area contributed by atoms with Crippen molar-refractivity contribution >= 4 is 0 Å². The number of rotatable bonds is 3. The largest absolute Gasteiger partial charge is 0.396 e. The first-order valence-corrected chi connectivity index (χ1v) is 7.61. The Balaban J connectivity index is 1.82. The van der Waals surface area contributed by atoms with Crippen molar-refractivity contribution in [2.75, 3.05) is 26.2 Å². The maximum Gasteiger partial charge on any atom is 0.0585 e. The van der Waals surface area contributed by atoms with Gasteiger partial charge in [-0.25, -0.2) is 0 Å². The molecule has 0 amide bonds. The predicted molar refractivity (Wildman–Crippen MR) is 73.3 cm³/mol. The Hall–Kier alpha value is -0.120. The molecule has 1 heterocycles. The molecule has 1 saturated carbocycles. The topological polar surface area (TPSA) is 43.7 Å². The van der Waals surface area contributed by atoms with Crippen LogP contribution < -0.4 is 0 Å². The molecule has 1 aliphatic heterocycles. The van der Waals surface area contributed by atoms with Crippen molar-refractivity contribution in [2.24, 2.45) is 23.7 Å². The van der Waals surface area contributed by atoms with Gasteiger partial charge in [0, 0.05) is 19.1 Å². The second-order valence-corrected chi connectivity index (χ2v) is 6.71. The lowest BCUT2D eigenvalue weighted by molar-refractivity contribution is -0.00853.